The predicted molar refractivity (Wildman–Crippen MR) is 126 cm³/mol. The van der Waals surface area contributed by atoms with Gasteiger partial charge in [0.1, 0.15) is 5.00 Å². The Hall–Kier alpha value is -3.23. The van der Waals surface area contributed by atoms with Crippen molar-refractivity contribution >= 4 is 55.4 Å². The van der Waals surface area contributed by atoms with Gasteiger partial charge < -0.3 is 15.1 Å². The number of nitrogens with zero attached hydrogens (tertiary/aromatic N) is 3. The molecule has 0 spiro atoms. The summed E-state index contributed by atoms with van der Waals surface area (Å²) in [4.78, 5) is 34.4. The van der Waals surface area contributed by atoms with Crippen LogP contribution in [0.4, 0.5) is 10.7 Å². The molecule has 6 nitrogen and oxygen atoms in total. The fourth-order valence-corrected chi connectivity index (χ4v) is 5.31. The Labute approximate surface area is 187 Å². The number of thiazole rings is 1. The zero-order valence-corrected chi connectivity index (χ0v) is 18.3. The standard InChI is InChI=1S/C23H20N4O2S2/c28-20(22-24-18-8-4-5-9-19(18)31-22)25-21-17(10-15-30-21)23(29)27-13-11-26(12-14-27)16-6-2-1-3-7-16/h1-10,15H,11-14H2,(H,25,28). The normalized spacial score (nSPS) is 14.1. The fraction of sp³-hybridized carbons (Fsp3) is 0.174. The second-order valence-electron chi connectivity index (χ2n) is 7.22. The number of thiophene rings is 1. The van der Waals surface area contributed by atoms with Crippen molar-refractivity contribution < 1.29 is 9.59 Å². The lowest BCUT2D eigenvalue weighted by molar-refractivity contribution is 0.0748. The van der Waals surface area contributed by atoms with Gasteiger partial charge in [-0.2, -0.15) is 0 Å². The second-order valence-corrected chi connectivity index (χ2v) is 9.17. The molecule has 8 heteroatoms. The molecule has 31 heavy (non-hydrogen) atoms. The number of para-hydroxylation sites is 2. The molecule has 0 saturated carbocycles. The Morgan fingerprint density at radius 2 is 1.65 bits per heavy atom. The molecule has 2 aromatic carbocycles. The maximum absolute atomic E-state index is 13.1. The van der Waals surface area contributed by atoms with Crippen LogP contribution in [0.2, 0.25) is 0 Å². The summed E-state index contributed by atoms with van der Waals surface area (Å²) in [5.74, 6) is -0.333. The van der Waals surface area contributed by atoms with E-state index < -0.39 is 0 Å². The van der Waals surface area contributed by atoms with Gasteiger partial charge in [-0.05, 0) is 35.7 Å². The number of anilines is 2. The second kappa shape index (κ2) is 8.49. The number of rotatable bonds is 4. The van der Waals surface area contributed by atoms with E-state index in [1.165, 1.54) is 28.4 Å². The summed E-state index contributed by atoms with van der Waals surface area (Å²) in [5.41, 5.74) is 2.51. The van der Waals surface area contributed by atoms with Crippen molar-refractivity contribution in [2.75, 3.05) is 36.4 Å². The van der Waals surface area contributed by atoms with E-state index in [0.717, 1.165) is 23.3 Å². The van der Waals surface area contributed by atoms with Crippen LogP contribution >= 0.6 is 22.7 Å². The van der Waals surface area contributed by atoms with Crippen LogP contribution in [0.15, 0.2) is 66.0 Å². The van der Waals surface area contributed by atoms with Crippen LogP contribution in [0.25, 0.3) is 10.2 Å². The van der Waals surface area contributed by atoms with Crippen molar-refractivity contribution in [1.29, 1.82) is 0 Å². The van der Waals surface area contributed by atoms with E-state index in [9.17, 15) is 9.59 Å². The minimum absolute atomic E-state index is 0.0476. The Morgan fingerprint density at radius 3 is 2.42 bits per heavy atom. The smallest absolute Gasteiger partial charge is 0.285 e. The molecule has 156 valence electrons. The van der Waals surface area contributed by atoms with Gasteiger partial charge in [0.15, 0.2) is 5.01 Å². The highest BCUT2D eigenvalue weighted by molar-refractivity contribution is 7.20. The van der Waals surface area contributed by atoms with E-state index in [-0.39, 0.29) is 11.8 Å². The first-order valence-corrected chi connectivity index (χ1v) is 11.7. The number of nitrogens with one attached hydrogen (secondary N) is 1. The molecule has 5 rings (SSSR count). The van der Waals surface area contributed by atoms with Crippen molar-refractivity contribution in [2.24, 2.45) is 0 Å². The number of benzene rings is 2. The van der Waals surface area contributed by atoms with Gasteiger partial charge in [0.2, 0.25) is 0 Å². The van der Waals surface area contributed by atoms with E-state index in [1.54, 1.807) is 6.07 Å². The quantitative estimate of drug-likeness (QED) is 0.497. The number of aromatic nitrogens is 1. The first-order valence-electron chi connectivity index (χ1n) is 10.0. The number of hydrogen-bond acceptors (Lipinski definition) is 6. The highest BCUT2D eigenvalue weighted by atomic mass is 32.1. The zero-order chi connectivity index (χ0) is 21.2. The summed E-state index contributed by atoms with van der Waals surface area (Å²) in [6.45, 7) is 2.87. The van der Waals surface area contributed by atoms with Crippen molar-refractivity contribution in [2.45, 2.75) is 0 Å². The third-order valence-corrected chi connectivity index (χ3v) is 7.16. The Bertz CT molecular complexity index is 1190. The van der Waals surface area contributed by atoms with Crippen LogP contribution in [0.1, 0.15) is 20.2 Å². The molecule has 2 amide bonds. The Morgan fingerprint density at radius 1 is 0.903 bits per heavy atom. The summed E-state index contributed by atoms with van der Waals surface area (Å²) >= 11 is 2.70. The van der Waals surface area contributed by atoms with Gasteiger partial charge in [0.25, 0.3) is 11.8 Å². The number of hydrogen-bond donors (Lipinski definition) is 1. The predicted octanol–water partition coefficient (Wildman–Crippen LogP) is 4.57. The molecule has 1 aliphatic rings. The van der Waals surface area contributed by atoms with Crippen LogP contribution in [0.3, 0.4) is 0 Å². The zero-order valence-electron chi connectivity index (χ0n) is 16.7. The summed E-state index contributed by atoms with van der Waals surface area (Å²) in [6.07, 6.45) is 0. The van der Waals surface area contributed by atoms with Gasteiger partial charge in [0, 0.05) is 31.9 Å². The molecule has 0 atom stereocenters. The van der Waals surface area contributed by atoms with Gasteiger partial charge in [-0.15, -0.1) is 22.7 Å². The first-order chi connectivity index (χ1) is 15.2. The van der Waals surface area contributed by atoms with Gasteiger partial charge in [-0.1, -0.05) is 30.3 Å². The monoisotopic (exact) mass is 448 g/mol. The SMILES string of the molecule is O=C(Nc1sccc1C(=O)N1CCN(c2ccccc2)CC1)c1nc2ccccc2s1. The van der Waals surface area contributed by atoms with E-state index in [4.69, 9.17) is 0 Å². The molecule has 1 N–H and O–H groups in total. The molecule has 1 fully saturated rings. The third kappa shape index (κ3) is 4.04. The molecule has 0 radical (unpaired) electrons. The Kier molecular flexibility index (Phi) is 5.40. The van der Waals surface area contributed by atoms with Crippen LogP contribution in [-0.4, -0.2) is 47.9 Å². The van der Waals surface area contributed by atoms with Crippen LogP contribution in [0.5, 0.6) is 0 Å². The molecule has 2 aromatic heterocycles. The van der Waals surface area contributed by atoms with Gasteiger partial charge in [0.05, 0.1) is 15.8 Å². The van der Waals surface area contributed by atoms with Crippen molar-refractivity contribution in [1.82, 2.24) is 9.88 Å². The van der Waals surface area contributed by atoms with Gasteiger partial charge >= 0.3 is 0 Å². The summed E-state index contributed by atoms with van der Waals surface area (Å²) in [6, 6.07) is 19.7. The van der Waals surface area contributed by atoms with Crippen LogP contribution in [-0.2, 0) is 0 Å². The van der Waals surface area contributed by atoms with E-state index in [0.29, 0.717) is 28.7 Å². The molecule has 0 bridgehead atoms. The molecule has 3 heterocycles. The fourth-order valence-electron chi connectivity index (χ4n) is 3.68. The highest BCUT2D eigenvalue weighted by Gasteiger charge is 2.25. The van der Waals surface area contributed by atoms with E-state index >= 15 is 0 Å². The van der Waals surface area contributed by atoms with Crippen molar-refractivity contribution in [3.63, 3.8) is 0 Å². The maximum atomic E-state index is 13.1. The molecule has 1 saturated heterocycles. The lowest BCUT2D eigenvalue weighted by Crippen LogP contribution is -2.48. The minimum Gasteiger partial charge on any atom is -0.368 e. The van der Waals surface area contributed by atoms with Crippen LogP contribution in [0, 0.1) is 0 Å². The number of fused-ring (bicyclic) bond motifs is 1. The van der Waals surface area contributed by atoms with E-state index in [1.807, 2.05) is 52.7 Å². The number of carbonyl (C=O) groups excluding carboxylic acids is 2. The minimum atomic E-state index is -0.286. The largest absolute Gasteiger partial charge is 0.368 e. The molecule has 1 aliphatic heterocycles. The molecule has 4 aromatic rings. The average molecular weight is 449 g/mol. The third-order valence-electron chi connectivity index (χ3n) is 5.30. The summed E-state index contributed by atoms with van der Waals surface area (Å²) in [7, 11) is 0. The topological polar surface area (TPSA) is 65.5 Å². The molecule has 0 aliphatic carbocycles. The van der Waals surface area contributed by atoms with Crippen molar-refractivity contribution in [3.8, 4) is 0 Å². The highest BCUT2D eigenvalue weighted by Crippen LogP contribution is 2.28. The van der Waals surface area contributed by atoms with Gasteiger partial charge in [-0.3, -0.25) is 9.59 Å². The lowest BCUT2D eigenvalue weighted by atomic mass is 10.2. The van der Waals surface area contributed by atoms with Crippen LogP contribution < -0.4 is 10.2 Å². The number of carbonyl (C=O) groups is 2. The number of piperazine rings is 1. The lowest BCUT2D eigenvalue weighted by Gasteiger charge is -2.36. The number of amides is 2. The molecular weight excluding hydrogens is 428 g/mol. The maximum Gasteiger partial charge on any atom is 0.285 e. The molecular formula is C23H20N4O2S2. The Balaban J connectivity index is 1.26. The average Bonchev–Trinajstić information content (AvgIpc) is 3.46. The molecule has 0 unspecified atom stereocenters. The van der Waals surface area contributed by atoms with Gasteiger partial charge in [-0.25, -0.2) is 4.98 Å². The summed E-state index contributed by atoms with van der Waals surface area (Å²) < 4.78 is 0.964. The first kappa shape index (κ1) is 19.7. The summed E-state index contributed by atoms with van der Waals surface area (Å²) in [5, 5.41) is 5.69. The van der Waals surface area contributed by atoms with E-state index in [2.05, 4.69) is 27.3 Å². The van der Waals surface area contributed by atoms with Crippen molar-refractivity contribution in [3.05, 3.63) is 76.6 Å².